The predicted octanol–water partition coefficient (Wildman–Crippen LogP) is 3.72. The molecule has 1 saturated carbocycles. The van der Waals surface area contributed by atoms with E-state index in [1.54, 1.807) is 12.1 Å². The second-order valence-electron chi connectivity index (χ2n) is 5.90. The summed E-state index contributed by atoms with van der Waals surface area (Å²) in [6, 6.07) is 6.29. The molecule has 6 heteroatoms. The highest BCUT2D eigenvalue weighted by Crippen LogP contribution is 2.42. The number of phenolic OH excluding ortho intramolecular Hbond substituents is 1. The van der Waals surface area contributed by atoms with Crippen LogP contribution in [0.25, 0.3) is 0 Å². The van der Waals surface area contributed by atoms with E-state index in [0.29, 0.717) is 19.3 Å². The quantitative estimate of drug-likeness (QED) is 0.923. The summed E-state index contributed by atoms with van der Waals surface area (Å²) in [6.45, 7) is 0.236. The molecular weight excluding hydrogens is 295 g/mol. The SMILES string of the molecule is CN(Cc1ccc(O)cc1)C(=O)[C@@H]1CCCC[C@H]1C(F)(F)F. The standard InChI is InChI=1S/C16H20F3NO2/c1-20(10-11-6-8-12(21)9-7-11)15(22)13-4-2-3-5-14(13)16(17,18)19/h6-9,13-14,21H,2-5,10H2,1H3/t13-,14-/m1/s1. The van der Waals surface area contributed by atoms with Crippen LogP contribution in [0.15, 0.2) is 24.3 Å². The van der Waals surface area contributed by atoms with Crippen LogP contribution in [0.2, 0.25) is 0 Å². The van der Waals surface area contributed by atoms with Crippen LogP contribution in [-0.2, 0) is 11.3 Å². The van der Waals surface area contributed by atoms with Crippen LogP contribution in [0.5, 0.6) is 5.75 Å². The number of alkyl halides is 3. The van der Waals surface area contributed by atoms with Crippen LogP contribution in [0.4, 0.5) is 13.2 Å². The van der Waals surface area contributed by atoms with Crippen molar-refractivity contribution in [3.8, 4) is 5.75 Å². The van der Waals surface area contributed by atoms with E-state index in [2.05, 4.69) is 0 Å². The summed E-state index contributed by atoms with van der Waals surface area (Å²) in [5, 5.41) is 9.22. The van der Waals surface area contributed by atoms with Gasteiger partial charge in [-0.15, -0.1) is 0 Å². The topological polar surface area (TPSA) is 40.5 Å². The molecule has 2 atom stereocenters. The predicted molar refractivity (Wildman–Crippen MR) is 76.1 cm³/mol. The van der Waals surface area contributed by atoms with E-state index in [4.69, 9.17) is 0 Å². The normalized spacial score (nSPS) is 22.4. The molecule has 0 spiro atoms. The second kappa shape index (κ2) is 6.58. The molecule has 1 amide bonds. The van der Waals surface area contributed by atoms with Crippen molar-refractivity contribution < 1.29 is 23.1 Å². The Hall–Kier alpha value is -1.72. The Morgan fingerprint density at radius 1 is 1.23 bits per heavy atom. The first-order valence-electron chi connectivity index (χ1n) is 7.38. The molecule has 3 nitrogen and oxygen atoms in total. The number of nitrogens with zero attached hydrogens (tertiary/aromatic N) is 1. The van der Waals surface area contributed by atoms with Crippen molar-refractivity contribution in [1.82, 2.24) is 4.90 Å². The Balaban J connectivity index is 2.06. The van der Waals surface area contributed by atoms with Crippen molar-refractivity contribution in [2.45, 2.75) is 38.4 Å². The molecule has 0 unspecified atom stereocenters. The van der Waals surface area contributed by atoms with Gasteiger partial charge in [-0.05, 0) is 30.5 Å². The molecule has 1 N–H and O–H groups in total. The largest absolute Gasteiger partial charge is 0.508 e. The first kappa shape index (κ1) is 16.6. The van der Waals surface area contributed by atoms with E-state index in [0.717, 1.165) is 5.56 Å². The maximum atomic E-state index is 13.1. The molecule has 1 aliphatic carbocycles. The molecule has 0 heterocycles. The van der Waals surface area contributed by atoms with Gasteiger partial charge in [-0.25, -0.2) is 0 Å². The fourth-order valence-electron chi connectivity index (χ4n) is 3.05. The summed E-state index contributed by atoms with van der Waals surface area (Å²) in [4.78, 5) is 13.8. The van der Waals surface area contributed by atoms with Gasteiger partial charge in [0.1, 0.15) is 5.75 Å². The molecule has 0 saturated heterocycles. The molecule has 0 aromatic heterocycles. The van der Waals surface area contributed by atoms with Crippen molar-refractivity contribution in [2.24, 2.45) is 11.8 Å². The number of aromatic hydroxyl groups is 1. The van der Waals surface area contributed by atoms with Crippen LogP contribution >= 0.6 is 0 Å². The number of carbonyl (C=O) groups excluding carboxylic acids is 1. The third-order valence-corrected chi connectivity index (χ3v) is 4.24. The first-order chi connectivity index (χ1) is 10.3. The van der Waals surface area contributed by atoms with Gasteiger partial charge >= 0.3 is 6.18 Å². The van der Waals surface area contributed by atoms with Gasteiger partial charge in [0.05, 0.1) is 5.92 Å². The molecule has 1 aromatic rings. The van der Waals surface area contributed by atoms with Gasteiger partial charge in [0.15, 0.2) is 0 Å². The minimum Gasteiger partial charge on any atom is -0.508 e. The Morgan fingerprint density at radius 2 is 1.82 bits per heavy atom. The van der Waals surface area contributed by atoms with Crippen molar-refractivity contribution in [2.75, 3.05) is 7.05 Å². The summed E-state index contributed by atoms with van der Waals surface area (Å²) in [5.41, 5.74) is 0.771. The van der Waals surface area contributed by atoms with E-state index >= 15 is 0 Å². The average Bonchev–Trinajstić information content (AvgIpc) is 2.48. The van der Waals surface area contributed by atoms with Crippen molar-refractivity contribution in [1.29, 1.82) is 0 Å². The minimum atomic E-state index is -4.32. The summed E-state index contributed by atoms with van der Waals surface area (Å²) < 4.78 is 39.3. The zero-order valence-corrected chi connectivity index (χ0v) is 12.4. The maximum absolute atomic E-state index is 13.1. The molecule has 0 aliphatic heterocycles. The lowest BCUT2D eigenvalue weighted by molar-refractivity contribution is -0.200. The number of halogens is 3. The Bertz CT molecular complexity index is 513. The van der Waals surface area contributed by atoms with E-state index in [-0.39, 0.29) is 18.7 Å². The van der Waals surface area contributed by atoms with Crippen LogP contribution in [0.3, 0.4) is 0 Å². The molecule has 1 fully saturated rings. The fraction of sp³-hybridized carbons (Fsp3) is 0.562. The number of rotatable bonds is 3. The molecular formula is C16H20F3NO2. The molecule has 0 radical (unpaired) electrons. The second-order valence-corrected chi connectivity index (χ2v) is 5.90. The molecule has 1 aromatic carbocycles. The van der Waals surface area contributed by atoms with Gasteiger partial charge in [0, 0.05) is 19.5 Å². The van der Waals surface area contributed by atoms with Crippen molar-refractivity contribution >= 4 is 5.91 Å². The first-order valence-corrected chi connectivity index (χ1v) is 7.38. The number of amides is 1. The highest BCUT2D eigenvalue weighted by Gasteiger charge is 2.48. The average molecular weight is 315 g/mol. The molecule has 1 aliphatic rings. The zero-order chi connectivity index (χ0) is 16.3. The monoisotopic (exact) mass is 315 g/mol. The molecule has 2 rings (SSSR count). The summed E-state index contributed by atoms with van der Waals surface area (Å²) in [5.74, 6) is -2.84. The van der Waals surface area contributed by atoms with E-state index in [1.807, 2.05) is 0 Å². The lowest BCUT2D eigenvalue weighted by atomic mass is 9.78. The van der Waals surface area contributed by atoms with Gasteiger partial charge < -0.3 is 10.0 Å². The van der Waals surface area contributed by atoms with E-state index in [9.17, 15) is 23.1 Å². The van der Waals surface area contributed by atoms with Gasteiger partial charge in [-0.1, -0.05) is 25.0 Å². The van der Waals surface area contributed by atoms with Crippen LogP contribution in [0, 0.1) is 11.8 Å². The molecule has 22 heavy (non-hydrogen) atoms. The summed E-state index contributed by atoms with van der Waals surface area (Å²) in [7, 11) is 1.53. The van der Waals surface area contributed by atoms with Crippen LogP contribution in [0.1, 0.15) is 31.2 Å². The number of hydrogen-bond donors (Lipinski definition) is 1. The van der Waals surface area contributed by atoms with Crippen LogP contribution < -0.4 is 0 Å². The zero-order valence-electron chi connectivity index (χ0n) is 12.4. The molecule has 0 bridgehead atoms. The smallest absolute Gasteiger partial charge is 0.392 e. The Kier molecular flexibility index (Phi) is 4.98. The van der Waals surface area contributed by atoms with E-state index < -0.39 is 23.9 Å². The summed E-state index contributed by atoms with van der Waals surface area (Å²) in [6.07, 6.45) is -2.80. The fourth-order valence-corrected chi connectivity index (χ4v) is 3.05. The maximum Gasteiger partial charge on any atom is 0.392 e. The number of benzene rings is 1. The third-order valence-electron chi connectivity index (χ3n) is 4.24. The highest BCUT2D eigenvalue weighted by atomic mass is 19.4. The Morgan fingerprint density at radius 3 is 2.41 bits per heavy atom. The Labute approximate surface area is 127 Å². The number of phenols is 1. The van der Waals surface area contributed by atoms with Crippen LogP contribution in [-0.4, -0.2) is 29.1 Å². The van der Waals surface area contributed by atoms with Gasteiger partial charge in [0.2, 0.25) is 5.91 Å². The number of carbonyl (C=O) groups is 1. The number of hydrogen-bond acceptors (Lipinski definition) is 2. The highest BCUT2D eigenvalue weighted by molar-refractivity contribution is 5.79. The van der Waals surface area contributed by atoms with Gasteiger partial charge in [0.25, 0.3) is 0 Å². The molecule has 122 valence electrons. The lowest BCUT2D eigenvalue weighted by Gasteiger charge is -2.34. The van der Waals surface area contributed by atoms with Gasteiger partial charge in [-0.3, -0.25) is 4.79 Å². The minimum absolute atomic E-state index is 0.0347. The van der Waals surface area contributed by atoms with E-state index in [1.165, 1.54) is 24.1 Å². The van der Waals surface area contributed by atoms with Crippen molar-refractivity contribution in [3.63, 3.8) is 0 Å². The van der Waals surface area contributed by atoms with Gasteiger partial charge in [-0.2, -0.15) is 13.2 Å². The lowest BCUT2D eigenvalue weighted by Crippen LogP contribution is -2.43. The third kappa shape index (κ3) is 3.93. The summed E-state index contributed by atoms with van der Waals surface area (Å²) >= 11 is 0. The van der Waals surface area contributed by atoms with Crippen molar-refractivity contribution in [3.05, 3.63) is 29.8 Å².